The highest BCUT2D eigenvalue weighted by atomic mass is 32.2. The van der Waals surface area contributed by atoms with Crippen molar-refractivity contribution in [1.29, 1.82) is 0 Å². The number of aryl methyl sites for hydroxylation is 1. The molecule has 0 unspecified atom stereocenters. The van der Waals surface area contributed by atoms with E-state index in [0.717, 1.165) is 24.6 Å². The Labute approximate surface area is 87.3 Å². The smallest absolute Gasteiger partial charge is 0.257 e. The van der Waals surface area contributed by atoms with Gasteiger partial charge in [0, 0.05) is 37.8 Å². The minimum atomic E-state index is 0.110. The summed E-state index contributed by atoms with van der Waals surface area (Å²) >= 11 is 1.90. The summed E-state index contributed by atoms with van der Waals surface area (Å²) in [5.74, 6) is 2.20. The Morgan fingerprint density at radius 3 is 2.79 bits per heavy atom. The van der Waals surface area contributed by atoms with E-state index in [1.165, 1.54) is 0 Å². The highest BCUT2D eigenvalue weighted by Gasteiger charge is 2.18. The molecule has 2 rings (SSSR count). The summed E-state index contributed by atoms with van der Waals surface area (Å²) in [6.07, 6.45) is 3.40. The Kier molecular flexibility index (Phi) is 2.77. The number of thioether (sulfide) groups is 1. The average molecular weight is 211 g/mol. The lowest BCUT2D eigenvalue weighted by molar-refractivity contribution is 0.0772. The maximum atomic E-state index is 11.9. The minimum Gasteiger partial charge on any atom is -0.337 e. The van der Waals surface area contributed by atoms with Gasteiger partial charge in [0.1, 0.15) is 0 Å². The van der Waals surface area contributed by atoms with Crippen molar-refractivity contribution in [3.8, 4) is 0 Å². The number of aromatic nitrogens is 2. The Hall–Kier alpha value is -0.970. The molecule has 4 nitrogen and oxygen atoms in total. The van der Waals surface area contributed by atoms with E-state index in [0.29, 0.717) is 5.56 Å². The molecule has 0 aliphatic carbocycles. The summed E-state index contributed by atoms with van der Waals surface area (Å²) in [6, 6.07) is 0. The molecule has 1 fully saturated rings. The van der Waals surface area contributed by atoms with Crippen LogP contribution in [0.4, 0.5) is 0 Å². The SMILES string of the molecule is Cn1cc(C(=O)N2CCSCC2)cn1. The highest BCUT2D eigenvalue weighted by Crippen LogP contribution is 2.12. The molecule has 2 heterocycles. The molecule has 0 bridgehead atoms. The topological polar surface area (TPSA) is 38.1 Å². The molecule has 0 radical (unpaired) electrons. The van der Waals surface area contributed by atoms with Crippen LogP contribution in [-0.4, -0.2) is 45.2 Å². The van der Waals surface area contributed by atoms with Gasteiger partial charge in [0.25, 0.3) is 5.91 Å². The van der Waals surface area contributed by atoms with Crippen molar-refractivity contribution in [3.63, 3.8) is 0 Å². The van der Waals surface area contributed by atoms with Crippen molar-refractivity contribution in [2.75, 3.05) is 24.6 Å². The molecule has 5 heteroatoms. The van der Waals surface area contributed by atoms with Gasteiger partial charge in [-0.1, -0.05) is 0 Å². The lowest BCUT2D eigenvalue weighted by atomic mass is 10.3. The first-order chi connectivity index (χ1) is 6.77. The second kappa shape index (κ2) is 4.04. The van der Waals surface area contributed by atoms with Crippen molar-refractivity contribution in [1.82, 2.24) is 14.7 Å². The van der Waals surface area contributed by atoms with E-state index in [1.54, 1.807) is 17.1 Å². The van der Waals surface area contributed by atoms with Gasteiger partial charge in [-0.3, -0.25) is 9.48 Å². The summed E-state index contributed by atoms with van der Waals surface area (Å²) in [7, 11) is 1.82. The lowest BCUT2D eigenvalue weighted by Crippen LogP contribution is -2.37. The number of hydrogen-bond donors (Lipinski definition) is 0. The first kappa shape index (κ1) is 9.58. The van der Waals surface area contributed by atoms with Crippen LogP contribution in [0, 0.1) is 0 Å². The Morgan fingerprint density at radius 2 is 2.21 bits per heavy atom. The number of rotatable bonds is 1. The van der Waals surface area contributed by atoms with Crippen molar-refractivity contribution in [2.45, 2.75) is 0 Å². The van der Waals surface area contributed by atoms with Crippen LogP contribution in [0.25, 0.3) is 0 Å². The molecular formula is C9H13N3OS. The quantitative estimate of drug-likeness (QED) is 0.683. The molecule has 1 aliphatic rings. The van der Waals surface area contributed by atoms with Crippen molar-refractivity contribution < 1.29 is 4.79 Å². The predicted molar refractivity (Wildman–Crippen MR) is 56.4 cm³/mol. The van der Waals surface area contributed by atoms with Crippen LogP contribution in [0.1, 0.15) is 10.4 Å². The lowest BCUT2D eigenvalue weighted by Gasteiger charge is -2.25. The molecule has 0 N–H and O–H groups in total. The number of hydrogen-bond acceptors (Lipinski definition) is 3. The molecule has 14 heavy (non-hydrogen) atoms. The van der Waals surface area contributed by atoms with Gasteiger partial charge >= 0.3 is 0 Å². The molecule has 1 aromatic rings. The number of carbonyl (C=O) groups is 1. The molecule has 76 valence electrons. The van der Waals surface area contributed by atoms with E-state index >= 15 is 0 Å². The minimum absolute atomic E-state index is 0.110. The molecule has 1 amide bonds. The highest BCUT2D eigenvalue weighted by molar-refractivity contribution is 7.99. The summed E-state index contributed by atoms with van der Waals surface area (Å²) < 4.78 is 1.66. The normalized spacial score (nSPS) is 17.1. The van der Waals surface area contributed by atoms with Crippen LogP contribution >= 0.6 is 11.8 Å². The van der Waals surface area contributed by atoms with E-state index in [1.807, 2.05) is 23.7 Å². The molecule has 1 aliphatic heterocycles. The monoisotopic (exact) mass is 211 g/mol. The zero-order chi connectivity index (χ0) is 9.97. The third kappa shape index (κ3) is 1.92. The average Bonchev–Trinajstić information content (AvgIpc) is 2.65. The predicted octanol–water partition coefficient (Wildman–Crippen LogP) is 0.609. The molecular weight excluding hydrogens is 198 g/mol. The maximum Gasteiger partial charge on any atom is 0.257 e. The third-order valence-electron chi connectivity index (χ3n) is 2.25. The second-order valence-electron chi connectivity index (χ2n) is 3.31. The van der Waals surface area contributed by atoms with Crippen molar-refractivity contribution in [2.24, 2.45) is 7.05 Å². The van der Waals surface area contributed by atoms with Gasteiger partial charge in [-0.05, 0) is 0 Å². The fraction of sp³-hybridized carbons (Fsp3) is 0.556. The largest absolute Gasteiger partial charge is 0.337 e. The molecule has 1 saturated heterocycles. The number of amides is 1. The Balaban J connectivity index is 2.07. The van der Waals surface area contributed by atoms with Gasteiger partial charge in [-0.15, -0.1) is 0 Å². The van der Waals surface area contributed by atoms with Gasteiger partial charge in [0.05, 0.1) is 11.8 Å². The van der Waals surface area contributed by atoms with E-state index < -0.39 is 0 Å². The van der Waals surface area contributed by atoms with E-state index in [4.69, 9.17) is 0 Å². The summed E-state index contributed by atoms with van der Waals surface area (Å²) in [4.78, 5) is 13.8. The Morgan fingerprint density at radius 1 is 1.50 bits per heavy atom. The van der Waals surface area contributed by atoms with Gasteiger partial charge in [-0.2, -0.15) is 16.9 Å². The Bertz CT molecular complexity index is 331. The zero-order valence-corrected chi connectivity index (χ0v) is 8.96. The van der Waals surface area contributed by atoms with Crippen molar-refractivity contribution in [3.05, 3.63) is 18.0 Å². The third-order valence-corrected chi connectivity index (χ3v) is 3.19. The van der Waals surface area contributed by atoms with Gasteiger partial charge in [0.2, 0.25) is 0 Å². The fourth-order valence-electron chi connectivity index (χ4n) is 1.48. The molecule has 0 atom stereocenters. The van der Waals surface area contributed by atoms with Gasteiger partial charge in [-0.25, -0.2) is 0 Å². The zero-order valence-electron chi connectivity index (χ0n) is 8.14. The summed E-state index contributed by atoms with van der Waals surface area (Å²) in [5.41, 5.74) is 0.694. The van der Waals surface area contributed by atoms with E-state index in [2.05, 4.69) is 5.10 Å². The first-order valence-electron chi connectivity index (χ1n) is 4.63. The standard InChI is InChI=1S/C9H13N3OS/c1-11-7-8(6-10-11)9(13)12-2-4-14-5-3-12/h6-7H,2-5H2,1H3. The molecule has 0 saturated carbocycles. The first-order valence-corrected chi connectivity index (χ1v) is 5.78. The van der Waals surface area contributed by atoms with Gasteiger partial charge < -0.3 is 4.90 Å². The van der Waals surface area contributed by atoms with Crippen LogP contribution < -0.4 is 0 Å². The van der Waals surface area contributed by atoms with Crippen molar-refractivity contribution >= 4 is 17.7 Å². The molecule has 0 spiro atoms. The van der Waals surface area contributed by atoms with E-state index in [9.17, 15) is 4.79 Å². The number of carbonyl (C=O) groups excluding carboxylic acids is 1. The van der Waals surface area contributed by atoms with E-state index in [-0.39, 0.29) is 5.91 Å². The maximum absolute atomic E-state index is 11.9. The van der Waals surface area contributed by atoms with Crippen LogP contribution in [0.3, 0.4) is 0 Å². The summed E-state index contributed by atoms with van der Waals surface area (Å²) in [5, 5.41) is 4.00. The fourth-order valence-corrected chi connectivity index (χ4v) is 2.38. The molecule has 0 aromatic carbocycles. The van der Waals surface area contributed by atoms with Gasteiger partial charge in [0.15, 0.2) is 0 Å². The summed E-state index contributed by atoms with van der Waals surface area (Å²) in [6.45, 7) is 1.72. The second-order valence-corrected chi connectivity index (χ2v) is 4.53. The number of nitrogens with zero attached hydrogens (tertiary/aromatic N) is 3. The van der Waals surface area contributed by atoms with Crippen LogP contribution in [0.5, 0.6) is 0 Å². The van der Waals surface area contributed by atoms with Crippen LogP contribution in [0.15, 0.2) is 12.4 Å². The van der Waals surface area contributed by atoms with Crippen LogP contribution in [-0.2, 0) is 7.05 Å². The van der Waals surface area contributed by atoms with Crippen LogP contribution in [0.2, 0.25) is 0 Å². The molecule has 1 aromatic heterocycles.